The van der Waals surface area contributed by atoms with Crippen molar-refractivity contribution in [2.45, 2.75) is 12.7 Å². The second-order valence-electron chi connectivity index (χ2n) is 6.72. The molecule has 5 nitrogen and oxygen atoms in total. The van der Waals surface area contributed by atoms with Gasteiger partial charge in [-0.25, -0.2) is 4.79 Å². The van der Waals surface area contributed by atoms with Gasteiger partial charge in [0, 0.05) is 35.0 Å². The first-order valence-corrected chi connectivity index (χ1v) is 10.1. The lowest BCUT2D eigenvalue weighted by Crippen LogP contribution is -2.45. The molecule has 0 bridgehead atoms. The molecule has 0 radical (unpaired) electrons. The number of pyridine rings is 1. The van der Waals surface area contributed by atoms with Gasteiger partial charge in [-0.05, 0) is 29.3 Å². The van der Waals surface area contributed by atoms with Crippen LogP contribution in [0.3, 0.4) is 0 Å². The molecule has 0 spiro atoms. The number of carbonyl (C=O) groups is 1. The van der Waals surface area contributed by atoms with Crippen molar-refractivity contribution in [2.24, 2.45) is 4.99 Å². The minimum atomic E-state index is -0.176. The number of amides is 2. The third-order valence-electron chi connectivity index (χ3n) is 5.01. The molecule has 0 saturated heterocycles. The first kappa shape index (κ1) is 17.0. The average molecular weight is 386 g/mol. The maximum Gasteiger partial charge on any atom is 0.323 e. The van der Waals surface area contributed by atoms with Crippen LogP contribution >= 0.6 is 11.8 Å². The maximum absolute atomic E-state index is 12.8. The first-order valence-electron chi connectivity index (χ1n) is 9.15. The van der Waals surface area contributed by atoms with Gasteiger partial charge in [0.1, 0.15) is 11.2 Å². The summed E-state index contributed by atoms with van der Waals surface area (Å²) < 4.78 is 0. The highest BCUT2D eigenvalue weighted by molar-refractivity contribution is 8.14. The van der Waals surface area contributed by atoms with Crippen molar-refractivity contribution in [3.8, 4) is 11.1 Å². The zero-order chi connectivity index (χ0) is 18.9. The predicted octanol–water partition coefficient (Wildman–Crippen LogP) is 4.62. The van der Waals surface area contributed by atoms with Crippen molar-refractivity contribution >= 4 is 28.5 Å². The van der Waals surface area contributed by atoms with Crippen molar-refractivity contribution in [1.29, 1.82) is 0 Å². The molecular formula is C22H18N4OS. The van der Waals surface area contributed by atoms with E-state index in [2.05, 4.69) is 28.5 Å². The van der Waals surface area contributed by atoms with Crippen molar-refractivity contribution < 1.29 is 4.79 Å². The Morgan fingerprint density at radius 2 is 1.79 bits per heavy atom. The van der Waals surface area contributed by atoms with Gasteiger partial charge in [-0.2, -0.15) is 0 Å². The standard InChI is InChI=1S/C22H18N4OS/c27-22-24-19-8-4-7-17(15-5-2-1-3-6-15)18(19)13-26(22)20-14-28-21(25-20)16-9-11-23-12-10-16/h1-12,20H,13-14H2,(H,24,27). The molecule has 2 amide bonds. The summed E-state index contributed by atoms with van der Waals surface area (Å²) in [6, 6.07) is 20.2. The fraction of sp³-hybridized carbons (Fsp3) is 0.136. The van der Waals surface area contributed by atoms with Crippen LogP contribution in [0.15, 0.2) is 78.0 Å². The highest BCUT2D eigenvalue weighted by atomic mass is 32.2. The van der Waals surface area contributed by atoms with Gasteiger partial charge in [0.25, 0.3) is 0 Å². The predicted molar refractivity (Wildman–Crippen MR) is 113 cm³/mol. The highest BCUT2D eigenvalue weighted by Crippen LogP contribution is 2.35. The van der Waals surface area contributed by atoms with E-state index >= 15 is 0 Å². The molecule has 3 aromatic rings. The topological polar surface area (TPSA) is 57.6 Å². The van der Waals surface area contributed by atoms with Crippen LogP contribution in [0.25, 0.3) is 11.1 Å². The number of thioether (sulfide) groups is 1. The van der Waals surface area contributed by atoms with Gasteiger partial charge in [0.05, 0.1) is 6.54 Å². The second-order valence-corrected chi connectivity index (χ2v) is 7.73. The van der Waals surface area contributed by atoms with E-state index in [9.17, 15) is 4.79 Å². The van der Waals surface area contributed by atoms with Crippen LogP contribution < -0.4 is 5.32 Å². The van der Waals surface area contributed by atoms with Gasteiger partial charge >= 0.3 is 6.03 Å². The van der Waals surface area contributed by atoms with E-state index in [1.807, 2.05) is 47.4 Å². The van der Waals surface area contributed by atoms with Crippen molar-refractivity contribution in [3.05, 3.63) is 84.2 Å². The number of aromatic nitrogens is 1. The summed E-state index contributed by atoms with van der Waals surface area (Å²) in [4.78, 5) is 23.5. The van der Waals surface area contributed by atoms with E-state index in [4.69, 9.17) is 4.99 Å². The number of rotatable bonds is 3. The summed E-state index contributed by atoms with van der Waals surface area (Å²) in [6.07, 6.45) is 3.36. The first-order chi connectivity index (χ1) is 13.8. The molecular weight excluding hydrogens is 368 g/mol. The second kappa shape index (κ2) is 7.13. The number of benzene rings is 2. The average Bonchev–Trinajstić information content (AvgIpc) is 3.24. The van der Waals surface area contributed by atoms with Gasteiger partial charge in [-0.15, -0.1) is 11.8 Å². The Labute approximate surface area is 167 Å². The smallest absolute Gasteiger partial charge is 0.307 e. The number of nitrogens with one attached hydrogen (secondary N) is 1. The molecule has 138 valence electrons. The Morgan fingerprint density at radius 1 is 0.964 bits per heavy atom. The minimum Gasteiger partial charge on any atom is -0.307 e. The molecule has 28 heavy (non-hydrogen) atoms. The Kier molecular flexibility index (Phi) is 4.33. The van der Waals surface area contributed by atoms with Crippen LogP contribution in [0.5, 0.6) is 0 Å². The summed E-state index contributed by atoms with van der Waals surface area (Å²) in [6.45, 7) is 0.546. The molecule has 1 aromatic heterocycles. The molecule has 5 rings (SSSR count). The zero-order valence-corrected chi connectivity index (χ0v) is 15.9. The number of fused-ring (bicyclic) bond motifs is 1. The van der Waals surface area contributed by atoms with Crippen LogP contribution in [-0.2, 0) is 6.54 Å². The molecule has 2 aromatic carbocycles. The lowest BCUT2D eigenvalue weighted by molar-refractivity contribution is 0.190. The summed E-state index contributed by atoms with van der Waals surface area (Å²) in [7, 11) is 0. The van der Waals surface area contributed by atoms with Gasteiger partial charge < -0.3 is 5.32 Å². The number of hydrogen-bond donors (Lipinski definition) is 1. The van der Waals surface area contributed by atoms with E-state index in [1.54, 1.807) is 24.2 Å². The van der Waals surface area contributed by atoms with E-state index < -0.39 is 0 Å². The number of aliphatic imine (C=N–C) groups is 1. The summed E-state index contributed by atoms with van der Waals surface area (Å²) in [5, 5.41) is 4.01. The Hall–Kier alpha value is -3.12. The van der Waals surface area contributed by atoms with Crippen molar-refractivity contribution in [3.63, 3.8) is 0 Å². The molecule has 6 heteroatoms. The van der Waals surface area contributed by atoms with Crippen LogP contribution in [0.1, 0.15) is 11.1 Å². The lowest BCUT2D eigenvalue weighted by Gasteiger charge is -2.33. The number of urea groups is 1. The van der Waals surface area contributed by atoms with Gasteiger partial charge in [-0.1, -0.05) is 42.5 Å². The Bertz CT molecular complexity index is 1050. The van der Waals surface area contributed by atoms with Crippen molar-refractivity contribution in [2.75, 3.05) is 11.1 Å². The van der Waals surface area contributed by atoms with Gasteiger partial charge in [0.2, 0.25) is 0 Å². The molecule has 2 aliphatic rings. The largest absolute Gasteiger partial charge is 0.323 e. The van der Waals surface area contributed by atoms with E-state index in [0.29, 0.717) is 6.54 Å². The van der Waals surface area contributed by atoms with Crippen molar-refractivity contribution in [1.82, 2.24) is 9.88 Å². The monoisotopic (exact) mass is 386 g/mol. The maximum atomic E-state index is 12.8. The van der Waals surface area contributed by atoms with Crippen LogP contribution in [0.4, 0.5) is 10.5 Å². The minimum absolute atomic E-state index is 0.0944. The third kappa shape index (κ3) is 3.05. The zero-order valence-electron chi connectivity index (χ0n) is 15.1. The number of nitrogens with zero attached hydrogens (tertiary/aromatic N) is 3. The molecule has 1 atom stereocenters. The summed E-state index contributed by atoms with van der Waals surface area (Å²) in [5.74, 6) is 0.758. The number of anilines is 1. The molecule has 2 aliphatic heterocycles. The lowest BCUT2D eigenvalue weighted by atomic mass is 9.96. The fourth-order valence-electron chi connectivity index (χ4n) is 3.61. The Morgan fingerprint density at radius 3 is 2.61 bits per heavy atom. The normalized spacial score (nSPS) is 18.4. The quantitative estimate of drug-likeness (QED) is 0.715. The molecule has 0 aliphatic carbocycles. The SMILES string of the molecule is O=C1Nc2cccc(-c3ccccc3)c2CN1C1CSC(c2ccncc2)=N1. The summed E-state index contributed by atoms with van der Waals surface area (Å²) >= 11 is 1.68. The Balaban J connectivity index is 1.47. The molecule has 1 N–H and O–H groups in total. The molecule has 0 saturated carbocycles. The van der Waals surface area contributed by atoms with Gasteiger partial charge in [0.15, 0.2) is 0 Å². The summed E-state index contributed by atoms with van der Waals surface area (Å²) in [5.41, 5.74) is 5.35. The molecule has 1 unspecified atom stereocenters. The fourth-order valence-corrected chi connectivity index (χ4v) is 4.67. The number of carbonyl (C=O) groups excluding carboxylic acids is 1. The van der Waals surface area contributed by atoms with Crippen LogP contribution in [-0.4, -0.2) is 32.9 Å². The van der Waals surface area contributed by atoms with Crippen LogP contribution in [0, 0.1) is 0 Å². The highest BCUT2D eigenvalue weighted by Gasteiger charge is 2.33. The third-order valence-corrected chi connectivity index (χ3v) is 6.09. The molecule has 0 fully saturated rings. The number of hydrogen-bond acceptors (Lipinski definition) is 4. The molecule has 3 heterocycles. The van der Waals surface area contributed by atoms with E-state index in [0.717, 1.165) is 38.7 Å². The van der Waals surface area contributed by atoms with Crippen LogP contribution in [0.2, 0.25) is 0 Å². The van der Waals surface area contributed by atoms with E-state index in [-0.39, 0.29) is 12.2 Å². The van der Waals surface area contributed by atoms with E-state index in [1.165, 1.54) is 0 Å². The van der Waals surface area contributed by atoms with Gasteiger partial charge in [-0.3, -0.25) is 14.9 Å².